The molecule has 34 heavy (non-hydrogen) atoms. The number of anilines is 1. The van der Waals surface area contributed by atoms with Crippen molar-refractivity contribution in [3.8, 4) is 22.6 Å². The highest BCUT2D eigenvalue weighted by Crippen LogP contribution is 2.35. The van der Waals surface area contributed by atoms with Crippen LogP contribution >= 0.6 is 0 Å². The Morgan fingerprint density at radius 3 is 2.56 bits per heavy atom. The maximum atomic E-state index is 12.7. The lowest BCUT2D eigenvalue weighted by atomic mass is 10.1. The number of ether oxygens (including phenoxy) is 2. The second-order valence-corrected chi connectivity index (χ2v) is 7.65. The molecular formula is C25H27N5O4. The van der Waals surface area contributed by atoms with Crippen molar-refractivity contribution in [2.75, 3.05) is 32.1 Å². The predicted octanol–water partition coefficient (Wildman–Crippen LogP) is 3.16. The number of carbonyl (C=O) groups is 1. The largest absolute Gasteiger partial charge is 0.457 e. The van der Waals surface area contributed by atoms with Crippen LogP contribution in [-0.4, -0.2) is 51.9 Å². The molecule has 2 heterocycles. The molecule has 0 radical (unpaired) electrons. The highest BCUT2D eigenvalue weighted by atomic mass is 16.5. The summed E-state index contributed by atoms with van der Waals surface area (Å²) in [5, 5.41) is 12.3. The summed E-state index contributed by atoms with van der Waals surface area (Å²) in [5.41, 5.74) is 8.51. The van der Waals surface area contributed by atoms with Gasteiger partial charge in [0.05, 0.1) is 25.2 Å². The third-order valence-corrected chi connectivity index (χ3v) is 5.36. The first-order valence-corrected chi connectivity index (χ1v) is 11.0. The number of nitrogens with one attached hydrogen (secondary N) is 1. The van der Waals surface area contributed by atoms with Crippen LogP contribution in [0.2, 0.25) is 0 Å². The number of hydrogen-bond acceptors (Lipinski definition) is 7. The molecule has 1 unspecified atom stereocenters. The van der Waals surface area contributed by atoms with E-state index in [9.17, 15) is 4.79 Å². The van der Waals surface area contributed by atoms with Crippen LogP contribution in [0.3, 0.4) is 0 Å². The van der Waals surface area contributed by atoms with Crippen LogP contribution in [0.15, 0.2) is 67.1 Å². The Balaban J connectivity index is 1.58. The zero-order valence-electron chi connectivity index (χ0n) is 18.8. The molecule has 4 N–H and O–H groups in total. The minimum Gasteiger partial charge on any atom is -0.457 e. The number of nitrogen functional groups attached to an aromatic ring is 1. The lowest BCUT2D eigenvalue weighted by molar-refractivity contribution is -0.124. The van der Waals surface area contributed by atoms with Crippen molar-refractivity contribution < 1.29 is 19.4 Å². The summed E-state index contributed by atoms with van der Waals surface area (Å²) in [7, 11) is 0. The number of nitrogens with two attached hydrogens (primary N) is 1. The molecule has 1 amide bonds. The first-order chi connectivity index (χ1) is 16.6. The summed E-state index contributed by atoms with van der Waals surface area (Å²) in [6, 6.07) is 16.7. The molecule has 0 fully saturated rings. The summed E-state index contributed by atoms with van der Waals surface area (Å²) in [4.78, 5) is 21.3. The first kappa shape index (κ1) is 23.2. The average Bonchev–Trinajstić information content (AvgIpc) is 3.25. The maximum absolute atomic E-state index is 12.7. The summed E-state index contributed by atoms with van der Waals surface area (Å²) in [6.07, 6.45) is 3.26. The third kappa shape index (κ3) is 5.16. The molecule has 1 atom stereocenters. The van der Waals surface area contributed by atoms with Gasteiger partial charge in [-0.05, 0) is 36.8 Å². The van der Waals surface area contributed by atoms with Gasteiger partial charge in [0.2, 0.25) is 5.91 Å². The second kappa shape index (κ2) is 10.8. The molecule has 0 aliphatic rings. The van der Waals surface area contributed by atoms with Crippen molar-refractivity contribution in [1.82, 2.24) is 19.9 Å². The number of carbonyl (C=O) groups excluding carboxylic acids is 1. The fraction of sp³-hybridized carbons (Fsp3) is 0.240. The Labute approximate surface area is 197 Å². The zero-order chi connectivity index (χ0) is 23.9. The SMILES string of the molecule is CC(C(=O)NCCOCCO)n1cc(-c2ccc(Oc3ccccc3)cc2)c2c(N)ncnc21. The number of aliphatic hydroxyl groups is 1. The van der Waals surface area contributed by atoms with E-state index in [0.29, 0.717) is 35.8 Å². The molecule has 2 aromatic carbocycles. The topological polar surface area (TPSA) is 125 Å². The Morgan fingerprint density at radius 1 is 1.09 bits per heavy atom. The number of amides is 1. The fourth-order valence-electron chi connectivity index (χ4n) is 3.64. The number of rotatable bonds is 10. The van der Waals surface area contributed by atoms with Gasteiger partial charge in [-0.3, -0.25) is 4.79 Å². The van der Waals surface area contributed by atoms with E-state index in [0.717, 1.165) is 16.9 Å². The van der Waals surface area contributed by atoms with Gasteiger partial charge in [0.15, 0.2) is 0 Å². The average molecular weight is 462 g/mol. The molecule has 9 nitrogen and oxygen atoms in total. The van der Waals surface area contributed by atoms with E-state index in [2.05, 4.69) is 15.3 Å². The summed E-state index contributed by atoms with van der Waals surface area (Å²) in [5.74, 6) is 1.62. The Kier molecular flexibility index (Phi) is 7.36. The normalized spacial score (nSPS) is 11.9. The monoisotopic (exact) mass is 461 g/mol. The van der Waals surface area contributed by atoms with Gasteiger partial charge in [-0.25, -0.2) is 9.97 Å². The van der Waals surface area contributed by atoms with Crippen LogP contribution in [0.25, 0.3) is 22.2 Å². The molecule has 0 saturated heterocycles. The zero-order valence-corrected chi connectivity index (χ0v) is 18.8. The van der Waals surface area contributed by atoms with E-state index in [-0.39, 0.29) is 19.1 Å². The highest BCUT2D eigenvalue weighted by Gasteiger charge is 2.22. The van der Waals surface area contributed by atoms with E-state index in [1.807, 2.05) is 60.8 Å². The van der Waals surface area contributed by atoms with Crippen molar-refractivity contribution in [2.45, 2.75) is 13.0 Å². The third-order valence-electron chi connectivity index (χ3n) is 5.36. The molecule has 4 aromatic rings. The molecule has 0 spiro atoms. The summed E-state index contributed by atoms with van der Waals surface area (Å²) < 4.78 is 12.9. The number of fused-ring (bicyclic) bond motifs is 1. The molecule has 9 heteroatoms. The van der Waals surface area contributed by atoms with Crippen molar-refractivity contribution in [1.29, 1.82) is 0 Å². The van der Waals surface area contributed by atoms with Gasteiger partial charge in [-0.2, -0.15) is 0 Å². The molecule has 176 valence electrons. The van der Waals surface area contributed by atoms with Gasteiger partial charge in [-0.15, -0.1) is 0 Å². The predicted molar refractivity (Wildman–Crippen MR) is 130 cm³/mol. The van der Waals surface area contributed by atoms with Crippen LogP contribution in [0.5, 0.6) is 11.5 Å². The molecule has 0 bridgehead atoms. The standard InChI is InChI=1S/C25H27N5O4/c1-17(25(32)27-11-13-33-14-12-31)30-15-21(22-23(26)28-16-29-24(22)30)18-7-9-20(10-8-18)34-19-5-3-2-4-6-19/h2-10,15-17,31H,11-14H2,1H3,(H,27,32)(H2,26,28,29). The number of nitrogens with zero attached hydrogens (tertiary/aromatic N) is 3. The van der Waals surface area contributed by atoms with E-state index < -0.39 is 6.04 Å². The van der Waals surface area contributed by atoms with Crippen LogP contribution in [0.1, 0.15) is 13.0 Å². The molecule has 0 aliphatic carbocycles. The van der Waals surface area contributed by atoms with Gasteiger partial charge >= 0.3 is 0 Å². The first-order valence-electron chi connectivity index (χ1n) is 11.0. The second-order valence-electron chi connectivity index (χ2n) is 7.65. The molecule has 0 aliphatic heterocycles. The van der Waals surface area contributed by atoms with Crippen LogP contribution in [0.4, 0.5) is 5.82 Å². The summed E-state index contributed by atoms with van der Waals surface area (Å²) >= 11 is 0. The number of aliphatic hydroxyl groups excluding tert-OH is 1. The van der Waals surface area contributed by atoms with Crippen molar-refractivity contribution in [3.05, 3.63) is 67.1 Å². The lowest BCUT2D eigenvalue weighted by Crippen LogP contribution is -2.33. The lowest BCUT2D eigenvalue weighted by Gasteiger charge is -2.15. The van der Waals surface area contributed by atoms with E-state index in [4.69, 9.17) is 20.3 Å². The number of para-hydroxylation sites is 1. The van der Waals surface area contributed by atoms with Crippen LogP contribution in [-0.2, 0) is 9.53 Å². The van der Waals surface area contributed by atoms with Gasteiger partial charge in [0, 0.05) is 18.3 Å². The van der Waals surface area contributed by atoms with Crippen molar-refractivity contribution >= 4 is 22.8 Å². The Bertz CT molecular complexity index is 1240. The van der Waals surface area contributed by atoms with E-state index in [1.54, 1.807) is 11.5 Å². The summed E-state index contributed by atoms with van der Waals surface area (Å²) in [6.45, 7) is 2.64. The van der Waals surface area contributed by atoms with Crippen molar-refractivity contribution in [2.24, 2.45) is 0 Å². The van der Waals surface area contributed by atoms with Crippen LogP contribution in [0, 0.1) is 0 Å². The number of aromatic nitrogens is 3. The Morgan fingerprint density at radius 2 is 1.82 bits per heavy atom. The molecule has 2 aromatic heterocycles. The van der Waals surface area contributed by atoms with Gasteiger partial charge in [-0.1, -0.05) is 30.3 Å². The minimum atomic E-state index is -0.538. The van der Waals surface area contributed by atoms with E-state index >= 15 is 0 Å². The van der Waals surface area contributed by atoms with Gasteiger partial charge in [0.25, 0.3) is 0 Å². The quantitative estimate of drug-likeness (QED) is 0.310. The molecule has 0 saturated carbocycles. The van der Waals surface area contributed by atoms with E-state index in [1.165, 1.54) is 6.33 Å². The van der Waals surface area contributed by atoms with Crippen molar-refractivity contribution in [3.63, 3.8) is 0 Å². The van der Waals surface area contributed by atoms with Crippen LogP contribution < -0.4 is 15.8 Å². The fourth-order valence-corrected chi connectivity index (χ4v) is 3.64. The molecule has 4 rings (SSSR count). The van der Waals surface area contributed by atoms with Gasteiger partial charge < -0.3 is 30.2 Å². The minimum absolute atomic E-state index is 0.0526. The Hall–Kier alpha value is -3.95. The number of benzene rings is 2. The smallest absolute Gasteiger partial charge is 0.242 e. The highest BCUT2D eigenvalue weighted by molar-refractivity contribution is 6.01. The molecular weight excluding hydrogens is 434 g/mol. The maximum Gasteiger partial charge on any atom is 0.242 e. The van der Waals surface area contributed by atoms with Gasteiger partial charge in [0.1, 0.15) is 35.3 Å². The number of hydrogen-bond donors (Lipinski definition) is 3.